The molecule has 4 heteroatoms. The van der Waals surface area contributed by atoms with Crippen LogP contribution in [0.2, 0.25) is 0 Å². The SMILES string of the molecule is Cc1nn(C)c(C)c1/C=C1/C[C@H]2[C@@H]3CC=C4C[C@@H](O)CC[C@]4(C)[C@H]3CC[C@]2(C)[C@H]1O. The number of allylic oxidation sites excluding steroid dienone is 1. The number of hydrogen-bond acceptors (Lipinski definition) is 3. The molecule has 0 saturated heterocycles. The van der Waals surface area contributed by atoms with Crippen molar-refractivity contribution in [3.63, 3.8) is 0 Å². The molecule has 4 nitrogen and oxygen atoms in total. The summed E-state index contributed by atoms with van der Waals surface area (Å²) in [7, 11) is 1.99. The first-order valence-electron chi connectivity index (χ1n) is 11.9. The topological polar surface area (TPSA) is 58.3 Å². The highest BCUT2D eigenvalue weighted by atomic mass is 16.3. The third kappa shape index (κ3) is 2.75. The van der Waals surface area contributed by atoms with Crippen molar-refractivity contribution in [2.75, 3.05) is 0 Å². The first-order valence-corrected chi connectivity index (χ1v) is 11.9. The number of nitrogens with zero attached hydrogens (tertiary/aromatic N) is 2. The highest BCUT2D eigenvalue weighted by molar-refractivity contribution is 5.59. The first kappa shape index (κ1) is 20.5. The fraction of sp³-hybridized carbons (Fsp3) is 0.731. The predicted molar refractivity (Wildman–Crippen MR) is 120 cm³/mol. The van der Waals surface area contributed by atoms with Crippen molar-refractivity contribution in [2.45, 2.75) is 84.8 Å². The van der Waals surface area contributed by atoms with Gasteiger partial charge < -0.3 is 10.2 Å². The molecular weight excluding hydrogens is 372 g/mol. The number of aliphatic hydroxyl groups excluding tert-OH is 2. The number of aryl methyl sites for hydroxylation is 2. The van der Waals surface area contributed by atoms with E-state index in [2.05, 4.69) is 44.9 Å². The summed E-state index contributed by atoms with van der Waals surface area (Å²) in [5.74, 6) is 1.87. The van der Waals surface area contributed by atoms with Crippen LogP contribution in [-0.2, 0) is 7.05 Å². The van der Waals surface area contributed by atoms with Crippen molar-refractivity contribution in [2.24, 2.45) is 35.6 Å². The zero-order chi connectivity index (χ0) is 21.4. The van der Waals surface area contributed by atoms with Crippen molar-refractivity contribution in [1.82, 2.24) is 9.78 Å². The standard InChI is InChI=1S/C26H38N2O2/c1-15-21(16(2)28(5)27-15)12-17-13-23-20-7-6-18-14-19(29)8-10-25(18,3)22(20)9-11-26(23,4)24(17)30/h6,12,19-20,22-24,29-30H,7-11,13-14H2,1-5H3/b17-12-/t19-,20+,22-,23-,24-,25-,26-/m0/s1. The van der Waals surface area contributed by atoms with Crippen molar-refractivity contribution in [3.8, 4) is 0 Å². The Labute approximate surface area is 181 Å². The van der Waals surface area contributed by atoms with E-state index in [1.807, 2.05) is 11.7 Å². The van der Waals surface area contributed by atoms with Gasteiger partial charge in [-0.15, -0.1) is 0 Å². The minimum absolute atomic E-state index is 0.0209. The molecule has 0 spiro atoms. The summed E-state index contributed by atoms with van der Waals surface area (Å²) in [6, 6.07) is 0. The second-order valence-corrected chi connectivity index (χ2v) is 11.2. The molecule has 0 aliphatic heterocycles. The third-order valence-corrected chi connectivity index (χ3v) is 9.84. The second-order valence-electron chi connectivity index (χ2n) is 11.2. The average molecular weight is 411 g/mol. The summed E-state index contributed by atoms with van der Waals surface area (Å²) in [4.78, 5) is 0. The van der Waals surface area contributed by atoms with Crippen LogP contribution in [0.5, 0.6) is 0 Å². The fourth-order valence-electron chi connectivity index (χ4n) is 7.82. The minimum Gasteiger partial charge on any atom is -0.393 e. The van der Waals surface area contributed by atoms with E-state index in [0.717, 1.165) is 44.2 Å². The third-order valence-electron chi connectivity index (χ3n) is 9.84. The van der Waals surface area contributed by atoms with Gasteiger partial charge in [-0.1, -0.05) is 25.5 Å². The van der Waals surface area contributed by atoms with Gasteiger partial charge in [0, 0.05) is 23.7 Å². The molecule has 1 aromatic heterocycles. The van der Waals surface area contributed by atoms with Crippen molar-refractivity contribution in [3.05, 3.63) is 34.2 Å². The van der Waals surface area contributed by atoms with Gasteiger partial charge in [0.05, 0.1) is 17.9 Å². The Balaban J connectivity index is 1.49. The van der Waals surface area contributed by atoms with Crippen LogP contribution >= 0.6 is 0 Å². The summed E-state index contributed by atoms with van der Waals surface area (Å²) in [6.45, 7) is 8.99. The smallest absolute Gasteiger partial charge is 0.0809 e. The van der Waals surface area contributed by atoms with E-state index in [9.17, 15) is 10.2 Å². The lowest BCUT2D eigenvalue weighted by Crippen LogP contribution is -2.51. The average Bonchev–Trinajstić information content (AvgIpc) is 3.10. The van der Waals surface area contributed by atoms with Crippen molar-refractivity contribution < 1.29 is 10.2 Å². The van der Waals surface area contributed by atoms with Gasteiger partial charge in [-0.05, 0) is 93.6 Å². The lowest BCUT2D eigenvalue weighted by molar-refractivity contribution is -0.0685. The zero-order valence-corrected chi connectivity index (χ0v) is 19.3. The molecule has 4 aliphatic carbocycles. The Morgan fingerprint density at radius 1 is 1.10 bits per heavy atom. The summed E-state index contributed by atoms with van der Waals surface area (Å²) in [5, 5.41) is 26.3. The lowest BCUT2D eigenvalue weighted by Gasteiger charge is -2.57. The van der Waals surface area contributed by atoms with E-state index < -0.39 is 0 Å². The number of rotatable bonds is 1. The Morgan fingerprint density at radius 3 is 2.57 bits per heavy atom. The summed E-state index contributed by atoms with van der Waals surface area (Å²) >= 11 is 0. The number of aromatic nitrogens is 2. The van der Waals surface area contributed by atoms with Gasteiger partial charge in [0.1, 0.15) is 0 Å². The molecule has 1 aromatic rings. The van der Waals surface area contributed by atoms with Crippen LogP contribution < -0.4 is 0 Å². The van der Waals surface area contributed by atoms with Gasteiger partial charge >= 0.3 is 0 Å². The molecule has 5 rings (SSSR count). The van der Waals surface area contributed by atoms with Crippen LogP contribution in [0.25, 0.3) is 6.08 Å². The molecule has 7 atom stereocenters. The zero-order valence-electron chi connectivity index (χ0n) is 19.3. The van der Waals surface area contributed by atoms with Crippen LogP contribution in [-0.4, -0.2) is 32.2 Å². The van der Waals surface area contributed by atoms with E-state index in [1.54, 1.807) is 0 Å². The monoisotopic (exact) mass is 410 g/mol. The summed E-state index contributed by atoms with van der Waals surface area (Å²) in [5.41, 5.74) is 6.35. The van der Waals surface area contributed by atoms with Gasteiger partial charge in [0.2, 0.25) is 0 Å². The molecular formula is C26H38N2O2. The number of fused-ring (bicyclic) bond motifs is 5. The maximum atomic E-state index is 11.5. The number of hydrogen-bond donors (Lipinski definition) is 2. The molecule has 2 N–H and O–H groups in total. The molecule has 0 amide bonds. The molecule has 164 valence electrons. The van der Waals surface area contributed by atoms with E-state index >= 15 is 0 Å². The summed E-state index contributed by atoms with van der Waals surface area (Å²) in [6.07, 6.45) is 11.6. The largest absolute Gasteiger partial charge is 0.393 e. The lowest BCUT2D eigenvalue weighted by atomic mass is 9.48. The van der Waals surface area contributed by atoms with Crippen LogP contribution in [0.4, 0.5) is 0 Å². The predicted octanol–water partition coefficient (Wildman–Crippen LogP) is 4.71. The highest BCUT2D eigenvalue weighted by Crippen LogP contribution is 2.65. The van der Waals surface area contributed by atoms with E-state index in [0.29, 0.717) is 17.8 Å². The van der Waals surface area contributed by atoms with Gasteiger partial charge in [-0.25, -0.2) is 0 Å². The van der Waals surface area contributed by atoms with Gasteiger partial charge in [0.25, 0.3) is 0 Å². The normalized spacial score (nSPS) is 44.4. The van der Waals surface area contributed by atoms with Crippen LogP contribution in [0.3, 0.4) is 0 Å². The Kier molecular flexibility index (Phi) is 4.65. The Bertz CT molecular complexity index is 928. The van der Waals surface area contributed by atoms with Crippen LogP contribution in [0, 0.1) is 42.4 Å². The maximum Gasteiger partial charge on any atom is 0.0809 e. The number of aliphatic hydroxyl groups is 2. The molecule has 0 bridgehead atoms. The molecule has 0 aromatic carbocycles. The second kappa shape index (κ2) is 6.80. The Morgan fingerprint density at radius 2 is 1.87 bits per heavy atom. The maximum absolute atomic E-state index is 11.5. The highest BCUT2D eigenvalue weighted by Gasteiger charge is 2.59. The van der Waals surface area contributed by atoms with E-state index in [1.165, 1.54) is 28.8 Å². The van der Waals surface area contributed by atoms with E-state index in [-0.39, 0.29) is 23.0 Å². The minimum atomic E-state index is -0.353. The van der Waals surface area contributed by atoms with E-state index in [4.69, 9.17) is 0 Å². The van der Waals surface area contributed by atoms with Gasteiger partial charge in [-0.3, -0.25) is 4.68 Å². The van der Waals surface area contributed by atoms with Crippen molar-refractivity contribution in [1.29, 1.82) is 0 Å². The van der Waals surface area contributed by atoms with Gasteiger partial charge in [-0.2, -0.15) is 5.10 Å². The summed E-state index contributed by atoms with van der Waals surface area (Å²) < 4.78 is 1.94. The molecule has 3 fully saturated rings. The fourth-order valence-corrected chi connectivity index (χ4v) is 7.82. The van der Waals surface area contributed by atoms with Gasteiger partial charge in [0.15, 0.2) is 0 Å². The van der Waals surface area contributed by atoms with Crippen molar-refractivity contribution >= 4 is 6.08 Å². The molecule has 4 aliphatic rings. The molecule has 0 unspecified atom stereocenters. The van der Waals surface area contributed by atoms with Crippen LogP contribution in [0.15, 0.2) is 17.2 Å². The molecule has 3 saturated carbocycles. The Hall–Kier alpha value is -1.39. The molecule has 30 heavy (non-hydrogen) atoms. The molecule has 1 heterocycles. The quantitative estimate of drug-likeness (QED) is 0.659. The van der Waals surface area contributed by atoms with Crippen LogP contribution in [0.1, 0.15) is 75.7 Å². The molecule has 0 radical (unpaired) electrons. The first-order chi connectivity index (χ1) is 14.1.